The Morgan fingerprint density at radius 2 is 2.42 bits per heavy atom. The molecule has 1 saturated heterocycles. The number of carbonyl (C=O) groups is 1. The maximum Gasteiger partial charge on any atom is 0.407 e. The highest BCUT2D eigenvalue weighted by molar-refractivity contribution is 6.30. The summed E-state index contributed by atoms with van der Waals surface area (Å²) in [7, 11) is 0. The number of amides is 1. The minimum atomic E-state index is -0.907. The summed E-state index contributed by atoms with van der Waals surface area (Å²) in [6.07, 6.45) is 0.490. The van der Waals surface area contributed by atoms with Crippen molar-refractivity contribution >= 4 is 17.7 Å². The lowest BCUT2D eigenvalue weighted by Crippen LogP contribution is -2.41. The molecule has 1 aromatic carbocycles. The highest BCUT2D eigenvalue weighted by Gasteiger charge is 2.31. The van der Waals surface area contributed by atoms with Crippen LogP contribution in [0.15, 0.2) is 23.3 Å². The largest absolute Gasteiger partial charge is 0.465 e. The van der Waals surface area contributed by atoms with E-state index in [0.29, 0.717) is 18.1 Å². The summed E-state index contributed by atoms with van der Waals surface area (Å²) in [6, 6.07) is 5.62. The molecule has 7 nitrogen and oxygen atoms in total. The Hall–Kier alpha value is -1.95. The van der Waals surface area contributed by atoms with Crippen LogP contribution in [0.4, 0.5) is 4.79 Å². The quantitative estimate of drug-likeness (QED) is 0.355. The predicted molar refractivity (Wildman–Crippen MR) is 91.2 cm³/mol. The second-order valence-corrected chi connectivity index (χ2v) is 6.31. The van der Waals surface area contributed by atoms with E-state index in [-0.39, 0.29) is 25.2 Å². The molecule has 2 unspecified atom stereocenters. The fourth-order valence-corrected chi connectivity index (χ4v) is 3.27. The van der Waals surface area contributed by atoms with Crippen LogP contribution >= 0.6 is 11.6 Å². The van der Waals surface area contributed by atoms with Crippen molar-refractivity contribution in [2.45, 2.75) is 25.9 Å². The molecule has 1 aromatic rings. The highest BCUT2D eigenvalue weighted by Crippen LogP contribution is 2.35. The number of likely N-dealkylation sites (tertiary alicyclic amines) is 1. The molecule has 0 bridgehead atoms. The molecule has 2 rings (SSSR count). The van der Waals surface area contributed by atoms with E-state index >= 15 is 0 Å². The second kappa shape index (κ2) is 8.78. The third-order valence-electron chi connectivity index (χ3n) is 4.26. The summed E-state index contributed by atoms with van der Waals surface area (Å²) in [5.74, 6) is 0.0399. The van der Waals surface area contributed by atoms with E-state index in [2.05, 4.69) is 10.0 Å². The van der Waals surface area contributed by atoms with E-state index in [1.807, 2.05) is 25.1 Å². The molecule has 0 aromatic heterocycles. The van der Waals surface area contributed by atoms with E-state index in [1.165, 1.54) is 4.90 Å². The molecule has 24 heavy (non-hydrogen) atoms. The molecule has 1 amide bonds. The van der Waals surface area contributed by atoms with Crippen LogP contribution < -0.4 is 0 Å². The summed E-state index contributed by atoms with van der Waals surface area (Å²) in [4.78, 5) is 15.4. The number of ether oxygens (including phenoxy) is 1. The Labute approximate surface area is 145 Å². The predicted octanol–water partition coefficient (Wildman–Crippen LogP) is 4.41. The Morgan fingerprint density at radius 3 is 3.12 bits per heavy atom. The molecule has 0 spiro atoms. The van der Waals surface area contributed by atoms with Crippen molar-refractivity contribution in [1.29, 1.82) is 0 Å². The zero-order chi connectivity index (χ0) is 17.5. The summed E-state index contributed by atoms with van der Waals surface area (Å²) in [5.41, 5.74) is 10.4. The number of nitrogens with zero attached hydrogens (tertiary/aromatic N) is 4. The van der Waals surface area contributed by atoms with Crippen LogP contribution in [0.3, 0.4) is 0 Å². The van der Waals surface area contributed by atoms with Gasteiger partial charge in [0.1, 0.15) is 0 Å². The molecule has 130 valence electrons. The average Bonchev–Trinajstić information content (AvgIpc) is 2.57. The summed E-state index contributed by atoms with van der Waals surface area (Å²) < 4.78 is 5.99. The SMILES string of the molecule is Cc1ccc(Cl)cc1C(OCCN=[N+]=[N-])C1CCCN(C(=O)O)C1. The molecular formula is C16H21ClN4O3. The lowest BCUT2D eigenvalue weighted by molar-refractivity contribution is -0.0100. The number of piperidine rings is 1. The number of hydrogen-bond acceptors (Lipinski definition) is 3. The van der Waals surface area contributed by atoms with Crippen LogP contribution in [0, 0.1) is 12.8 Å². The molecule has 8 heteroatoms. The molecular weight excluding hydrogens is 332 g/mol. The Kier molecular flexibility index (Phi) is 6.73. The fraction of sp³-hybridized carbons (Fsp3) is 0.562. The van der Waals surface area contributed by atoms with Crippen LogP contribution in [0.1, 0.15) is 30.1 Å². The lowest BCUT2D eigenvalue weighted by Gasteiger charge is -2.36. The van der Waals surface area contributed by atoms with Crippen LogP contribution in [-0.4, -0.2) is 42.3 Å². The first-order valence-corrected chi connectivity index (χ1v) is 8.27. The smallest absolute Gasteiger partial charge is 0.407 e. The molecule has 1 aliphatic rings. The van der Waals surface area contributed by atoms with E-state index < -0.39 is 6.09 Å². The van der Waals surface area contributed by atoms with Crippen LogP contribution in [0.25, 0.3) is 10.4 Å². The Morgan fingerprint density at radius 1 is 1.62 bits per heavy atom. The van der Waals surface area contributed by atoms with Crippen molar-refractivity contribution in [3.63, 3.8) is 0 Å². The number of benzene rings is 1. The van der Waals surface area contributed by atoms with Crippen LogP contribution in [0.2, 0.25) is 5.02 Å². The topological polar surface area (TPSA) is 98.5 Å². The maximum absolute atomic E-state index is 11.3. The van der Waals surface area contributed by atoms with Crippen molar-refractivity contribution < 1.29 is 14.6 Å². The van der Waals surface area contributed by atoms with Gasteiger partial charge < -0.3 is 14.7 Å². The monoisotopic (exact) mass is 352 g/mol. The van der Waals surface area contributed by atoms with Crippen molar-refractivity contribution in [1.82, 2.24) is 4.90 Å². The van der Waals surface area contributed by atoms with Crippen LogP contribution in [-0.2, 0) is 4.74 Å². The van der Waals surface area contributed by atoms with Gasteiger partial charge in [-0.25, -0.2) is 4.79 Å². The van der Waals surface area contributed by atoms with E-state index in [1.54, 1.807) is 0 Å². The first kappa shape index (κ1) is 18.4. The van der Waals surface area contributed by atoms with Gasteiger partial charge in [0.05, 0.1) is 12.7 Å². The molecule has 0 radical (unpaired) electrons. The van der Waals surface area contributed by atoms with Gasteiger partial charge in [-0.3, -0.25) is 0 Å². The van der Waals surface area contributed by atoms with Crippen molar-refractivity contribution in [3.8, 4) is 0 Å². The van der Waals surface area contributed by atoms with Crippen molar-refractivity contribution in [2.24, 2.45) is 11.0 Å². The Bertz CT molecular complexity index is 634. The number of aryl methyl sites for hydroxylation is 1. The second-order valence-electron chi connectivity index (χ2n) is 5.88. The normalized spacial score (nSPS) is 18.8. The Balaban J connectivity index is 2.22. The number of carboxylic acid groups (broad SMARTS) is 1. The first-order chi connectivity index (χ1) is 11.5. The van der Waals surface area contributed by atoms with E-state index in [0.717, 1.165) is 24.0 Å². The molecule has 0 saturated carbocycles. The van der Waals surface area contributed by atoms with Gasteiger partial charge in [-0.2, -0.15) is 0 Å². The van der Waals surface area contributed by atoms with E-state index in [9.17, 15) is 9.90 Å². The van der Waals surface area contributed by atoms with E-state index in [4.69, 9.17) is 21.9 Å². The summed E-state index contributed by atoms with van der Waals surface area (Å²) >= 11 is 6.14. The minimum absolute atomic E-state index is 0.0399. The van der Waals surface area contributed by atoms with Gasteiger partial charge in [-0.15, -0.1) is 0 Å². The van der Waals surface area contributed by atoms with Gasteiger partial charge in [-0.05, 0) is 48.6 Å². The third-order valence-corrected chi connectivity index (χ3v) is 4.49. The molecule has 1 N–H and O–H groups in total. The number of rotatable bonds is 6. The molecule has 1 fully saturated rings. The van der Waals surface area contributed by atoms with Gasteiger partial charge in [0.25, 0.3) is 0 Å². The molecule has 1 aliphatic heterocycles. The zero-order valence-corrected chi connectivity index (χ0v) is 14.3. The molecule has 1 heterocycles. The molecule has 0 aliphatic carbocycles. The van der Waals surface area contributed by atoms with Crippen LogP contribution in [0.5, 0.6) is 0 Å². The van der Waals surface area contributed by atoms with Gasteiger partial charge >= 0.3 is 6.09 Å². The average molecular weight is 353 g/mol. The summed E-state index contributed by atoms with van der Waals surface area (Å²) in [5, 5.41) is 13.4. The number of azide groups is 1. The number of hydrogen-bond donors (Lipinski definition) is 1. The fourth-order valence-electron chi connectivity index (χ4n) is 3.09. The van der Waals surface area contributed by atoms with Crippen molar-refractivity contribution in [2.75, 3.05) is 26.2 Å². The highest BCUT2D eigenvalue weighted by atomic mass is 35.5. The van der Waals surface area contributed by atoms with Gasteiger partial charge in [0.2, 0.25) is 0 Å². The first-order valence-electron chi connectivity index (χ1n) is 7.89. The van der Waals surface area contributed by atoms with Gasteiger partial charge in [0, 0.05) is 35.5 Å². The summed E-state index contributed by atoms with van der Waals surface area (Å²) in [6.45, 7) is 3.47. The van der Waals surface area contributed by atoms with Crippen molar-refractivity contribution in [3.05, 3.63) is 44.8 Å². The standard InChI is InChI=1S/C16H21ClN4O3/c1-11-4-5-13(17)9-14(11)15(24-8-6-19-20-18)12-3-2-7-21(10-12)16(22)23/h4-5,9,12,15H,2-3,6-8,10H2,1H3,(H,22,23). The number of halogens is 1. The van der Waals surface area contributed by atoms with Gasteiger partial charge in [0.15, 0.2) is 0 Å². The minimum Gasteiger partial charge on any atom is -0.465 e. The van der Waals surface area contributed by atoms with Gasteiger partial charge in [-0.1, -0.05) is 22.8 Å². The maximum atomic E-state index is 11.3. The zero-order valence-electron chi connectivity index (χ0n) is 13.6. The molecule has 2 atom stereocenters. The lowest BCUT2D eigenvalue weighted by atomic mass is 9.87. The third kappa shape index (κ3) is 4.77.